The Balaban J connectivity index is 1.78. The molecule has 0 spiro atoms. The van der Waals surface area contributed by atoms with Crippen LogP contribution in [-0.2, 0) is 18.9 Å². The molecule has 0 amide bonds. The summed E-state index contributed by atoms with van der Waals surface area (Å²) in [6.07, 6.45) is 1.44. The lowest BCUT2D eigenvalue weighted by Crippen LogP contribution is -2.21. The Hall–Kier alpha value is 0.0569. The molecular formula is C9H18O4Si. The summed E-state index contributed by atoms with van der Waals surface area (Å²) in [7, 11) is 4.03. The lowest BCUT2D eigenvalue weighted by atomic mass is 10.5. The molecule has 5 heteroatoms. The Bertz CT molecular complexity index is 137. The van der Waals surface area contributed by atoms with Gasteiger partial charge in [0, 0.05) is 20.8 Å². The van der Waals surface area contributed by atoms with E-state index in [0.29, 0.717) is 15.6 Å². The van der Waals surface area contributed by atoms with E-state index in [2.05, 4.69) is 0 Å². The molecule has 0 saturated carbocycles. The third kappa shape index (κ3) is 5.72. The van der Waals surface area contributed by atoms with Crippen molar-refractivity contribution in [2.75, 3.05) is 34.0 Å². The van der Waals surface area contributed by atoms with Gasteiger partial charge in [-0.2, -0.15) is 0 Å². The predicted octanol–water partition coefficient (Wildman–Crippen LogP) is 0.491. The van der Waals surface area contributed by atoms with E-state index in [9.17, 15) is 0 Å². The second-order valence-electron chi connectivity index (χ2n) is 3.14. The molecule has 1 rings (SSSR count). The molecule has 0 bridgehead atoms. The predicted molar refractivity (Wildman–Crippen MR) is 53.5 cm³/mol. The highest BCUT2D eigenvalue weighted by molar-refractivity contribution is 6.36. The molecule has 14 heavy (non-hydrogen) atoms. The first-order valence-corrected chi connectivity index (χ1v) is 6.13. The molecule has 1 unspecified atom stereocenters. The number of hydrogen-bond acceptors (Lipinski definition) is 4. The van der Waals surface area contributed by atoms with E-state index in [0.717, 1.165) is 32.3 Å². The molecule has 0 N–H and O–H groups in total. The largest absolute Gasteiger partial charge is 0.379 e. The molecule has 0 aromatic heterocycles. The van der Waals surface area contributed by atoms with Gasteiger partial charge in [-0.05, 0) is 6.42 Å². The van der Waals surface area contributed by atoms with Gasteiger partial charge in [-0.1, -0.05) is 6.04 Å². The van der Waals surface area contributed by atoms with Crippen LogP contribution in [0.15, 0.2) is 0 Å². The van der Waals surface area contributed by atoms with Crippen molar-refractivity contribution in [3.8, 4) is 0 Å². The molecular weight excluding hydrogens is 200 g/mol. The summed E-state index contributed by atoms with van der Waals surface area (Å²) in [4.78, 5) is 0. The lowest BCUT2D eigenvalue weighted by molar-refractivity contribution is -0.0442. The van der Waals surface area contributed by atoms with E-state index in [1.54, 1.807) is 14.2 Å². The van der Waals surface area contributed by atoms with Gasteiger partial charge in [0.05, 0.1) is 13.2 Å². The highest BCUT2D eigenvalue weighted by Gasteiger charge is 2.21. The van der Waals surface area contributed by atoms with Crippen LogP contribution in [0, 0.1) is 0 Å². The van der Waals surface area contributed by atoms with Crippen molar-refractivity contribution in [1.29, 1.82) is 0 Å². The number of rotatable bonds is 9. The maximum atomic E-state index is 5.40. The second kappa shape index (κ2) is 7.36. The Morgan fingerprint density at radius 2 is 2.14 bits per heavy atom. The normalized spacial score (nSPS) is 20.4. The SMILES string of the molecule is COC(OC)[Si]CCCOCC1CO1. The molecule has 82 valence electrons. The van der Waals surface area contributed by atoms with Crippen molar-refractivity contribution in [3.63, 3.8) is 0 Å². The van der Waals surface area contributed by atoms with Gasteiger partial charge in [0.15, 0.2) is 0 Å². The molecule has 4 nitrogen and oxygen atoms in total. The van der Waals surface area contributed by atoms with Gasteiger partial charge in [0.1, 0.15) is 21.5 Å². The van der Waals surface area contributed by atoms with Crippen LogP contribution in [-0.4, -0.2) is 55.6 Å². The van der Waals surface area contributed by atoms with E-state index in [1.807, 2.05) is 0 Å². The molecule has 1 heterocycles. The van der Waals surface area contributed by atoms with Crippen LogP contribution in [0.25, 0.3) is 0 Å². The van der Waals surface area contributed by atoms with Crippen molar-refractivity contribution in [2.24, 2.45) is 0 Å². The van der Waals surface area contributed by atoms with Gasteiger partial charge in [-0.15, -0.1) is 0 Å². The molecule has 1 saturated heterocycles. The van der Waals surface area contributed by atoms with Crippen LogP contribution in [0.2, 0.25) is 6.04 Å². The van der Waals surface area contributed by atoms with Gasteiger partial charge in [-0.25, -0.2) is 0 Å². The fourth-order valence-electron chi connectivity index (χ4n) is 1.04. The van der Waals surface area contributed by atoms with Gasteiger partial charge in [-0.3, -0.25) is 0 Å². The topological polar surface area (TPSA) is 40.2 Å². The van der Waals surface area contributed by atoms with E-state index in [4.69, 9.17) is 18.9 Å². The van der Waals surface area contributed by atoms with E-state index in [-0.39, 0.29) is 5.91 Å². The molecule has 0 aromatic carbocycles. The summed E-state index contributed by atoms with van der Waals surface area (Å²) in [6.45, 7) is 2.44. The third-order valence-corrected chi connectivity index (χ3v) is 3.36. The molecule has 1 atom stereocenters. The van der Waals surface area contributed by atoms with Crippen molar-refractivity contribution >= 4 is 9.52 Å². The third-order valence-electron chi connectivity index (χ3n) is 1.91. The van der Waals surface area contributed by atoms with E-state index >= 15 is 0 Å². The maximum absolute atomic E-state index is 5.40. The van der Waals surface area contributed by atoms with Gasteiger partial charge < -0.3 is 18.9 Å². The summed E-state index contributed by atoms with van der Waals surface area (Å²) in [6, 6.07) is 1.10. The second-order valence-corrected chi connectivity index (χ2v) is 4.52. The first-order valence-electron chi connectivity index (χ1n) is 4.85. The summed E-state index contributed by atoms with van der Waals surface area (Å²) in [5.41, 5.74) is 0. The molecule has 0 aliphatic carbocycles. The van der Waals surface area contributed by atoms with Crippen molar-refractivity contribution in [2.45, 2.75) is 24.5 Å². The Labute approximate surface area is 87.7 Å². The Morgan fingerprint density at radius 1 is 1.43 bits per heavy atom. The molecule has 1 fully saturated rings. The zero-order valence-electron chi connectivity index (χ0n) is 8.82. The van der Waals surface area contributed by atoms with Gasteiger partial charge in [0.2, 0.25) is 0 Å². The van der Waals surface area contributed by atoms with E-state index in [1.165, 1.54) is 0 Å². The standard InChI is InChI=1S/C9H18O4Si/c1-10-9(11-2)14-5-3-4-12-6-8-7-13-8/h8-9H,3-7H2,1-2H3. The van der Waals surface area contributed by atoms with Crippen LogP contribution < -0.4 is 0 Å². The average molecular weight is 218 g/mol. The minimum atomic E-state index is -0.0400. The van der Waals surface area contributed by atoms with Crippen LogP contribution in [0.5, 0.6) is 0 Å². The smallest absolute Gasteiger partial charge is 0.136 e. The zero-order chi connectivity index (χ0) is 10.2. The van der Waals surface area contributed by atoms with Crippen molar-refractivity contribution in [3.05, 3.63) is 0 Å². The molecule has 0 aromatic rings. The monoisotopic (exact) mass is 218 g/mol. The average Bonchev–Trinajstić information content (AvgIpc) is 3.01. The Morgan fingerprint density at radius 3 is 2.71 bits per heavy atom. The maximum Gasteiger partial charge on any atom is 0.136 e. The minimum absolute atomic E-state index is 0.0400. The summed E-state index contributed by atoms with van der Waals surface area (Å²) < 4.78 is 20.6. The lowest BCUT2D eigenvalue weighted by Gasteiger charge is -2.11. The number of ether oxygens (including phenoxy) is 4. The molecule has 1 aliphatic heterocycles. The summed E-state index contributed by atoms with van der Waals surface area (Å²) >= 11 is 0. The summed E-state index contributed by atoms with van der Waals surface area (Å²) in [5, 5.41) is 0. The zero-order valence-corrected chi connectivity index (χ0v) is 9.82. The quantitative estimate of drug-likeness (QED) is 0.244. The van der Waals surface area contributed by atoms with Crippen LogP contribution >= 0.6 is 0 Å². The van der Waals surface area contributed by atoms with Gasteiger partial charge >= 0.3 is 0 Å². The van der Waals surface area contributed by atoms with Crippen LogP contribution in [0.3, 0.4) is 0 Å². The first-order chi connectivity index (χ1) is 6.86. The number of methoxy groups -OCH3 is 2. The molecule has 2 radical (unpaired) electrons. The van der Waals surface area contributed by atoms with Crippen molar-refractivity contribution in [1.82, 2.24) is 0 Å². The summed E-state index contributed by atoms with van der Waals surface area (Å²) in [5.74, 6) is -0.0400. The number of epoxide rings is 1. The van der Waals surface area contributed by atoms with Crippen LogP contribution in [0.4, 0.5) is 0 Å². The first kappa shape index (κ1) is 12.1. The highest BCUT2D eigenvalue weighted by Crippen LogP contribution is 2.08. The highest BCUT2D eigenvalue weighted by atomic mass is 28.2. The minimum Gasteiger partial charge on any atom is -0.379 e. The molecule has 1 aliphatic rings. The fraction of sp³-hybridized carbons (Fsp3) is 1.00. The van der Waals surface area contributed by atoms with Gasteiger partial charge in [0.25, 0.3) is 0 Å². The fourth-order valence-corrected chi connectivity index (χ4v) is 1.95. The Kier molecular flexibility index (Phi) is 6.38. The van der Waals surface area contributed by atoms with E-state index < -0.39 is 0 Å². The number of hydrogen-bond donors (Lipinski definition) is 0. The van der Waals surface area contributed by atoms with Crippen molar-refractivity contribution < 1.29 is 18.9 Å². The van der Waals surface area contributed by atoms with Crippen LogP contribution in [0.1, 0.15) is 6.42 Å².